The molecule has 0 unspecified atom stereocenters. The molecule has 0 rings (SSSR count). The third-order valence-corrected chi connectivity index (χ3v) is 3.32. The minimum absolute atomic E-state index is 0.190. The number of allylic oxidation sites excluding steroid dienone is 10. The highest BCUT2D eigenvalue weighted by Gasteiger charge is 1.99. The molecule has 0 spiro atoms. The molecule has 0 aromatic heterocycles. The molecule has 0 radical (unpaired) electrons. The Balaban J connectivity index is 3.77. The van der Waals surface area contributed by atoms with E-state index in [4.69, 9.17) is 10.4 Å². The van der Waals surface area contributed by atoms with Crippen molar-refractivity contribution in [3.05, 3.63) is 72.9 Å². The lowest BCUT2D eigenvalue weighted by atomic mass is 10.2. The molecule has 0 aliphatic carbocycles. The zero-order chi connectivity index (χ0) is 19.3. The minimum atomic E-state index is -0.759. The van der Waals surface area contributed by atoms with Crippen LogP contribution in [0.25, 0.3) is 0 Å². The number of carboxylic acids is 1. The van der Waals surface area contributed by atoms with E-state index >= 15 is 0 Å². The maximum Gasteiger partial charge on any atom is 0.303 e. The normalized spacial score (nSPS) is 14.2. The first-order chi connectivity index (χ1) is 12.7. The average molecular weight is 360 g/mol. The van der Waals surface area contributed by atoms with E-state index < -0.39 is 5.97 Å². The van der Waals surface area contributed by atoms with Gasteiger partial charge in [-0.2, -0.15) is 0 Å². The van der Waals surface area contributed by atoms with Gasteiger partial charge in [-0.25, -0.2) is 4.89 Å². The van der Waals surface area contributed by atoms with Gasteiger partial charge in [0.1, 0.15) is 6.10 Å². The minimum Gasteiger partial charge on any atom is -0.481 e. The Hall–Kier alpha value is -2.17. The Kier molecular flexibility index (Phi) is 17.6. The smallest absolute Gasteiger partial charge is 0.303 e. The van der Waals surface area contributed by atoms with Gasteiger partial charge in [-0.15, -0.1) is 0 Å². The monoisotopic (exact) mass is 360 g/mol. The topological polar surface area (TPSA) is 66.8 Å². The molecule has 0 aliphatic heterocycles. The summed E-state index contributed by atoms with van der Waals surface area (Å²) in [5.74, 6) is -0.759. The molecule has 4 heteroatoms. The molecule has 0 fully saturated rings. The Labute approximate surface area is 157 Å². The largest absolute Gasteiger partial charge is 0.481 e. The predicted octanol–water partition coefficient (Wildman–Crippen LogP) is 6.02. The summed E-state index contributed by atoms with van der Waals surface area (Å²) < 4.78 is 0. The van der Waals surface area contributed by atoms with Crippen LogP contribution in [0.5, 0.6) is 0 Å². The molecule has 0 aliphatic rings. The second-order valence-corrected chi connectivity index (χ2v) is 5.63. The van der Waals surface area contributed by atoms with Crippen molar-refractivity contribution in [3.8, 4) is 0 Å². The zero-order valence-electron chi connectivity index (χ0n) is 15.7. The second kappa shape index (κ2) is 19.2. The van der Waals surface area contributed by atoms with E-state index in [1.165, 1.54) is 0 Å². The highest BCUT2D eigenvalue weighted by Crippen LogP contribution is 2.02. The van der Waals surface area contributed by atoms with Crippen molar-refractivity contribution in [1.29, 1.82) is 0 Å². The first-order valence-electron chi connectivity index (χ1n) is 9.16. The Bertz CT molecular complexity index is 510. The first-order valence-corrected chi connectivity index (χ1v) is 9.16. The van der Waals surface area contributed by atoms with Gasteiger partial charge >= 0.3 is 5.97 Å². The summed E-state index contributed by atoms with van der Waals surface area (Å²) in [7, 11) is 0. The van der Waals surface area contributed by atoms with Crippen LogP contribution in [0, 0.1) is 0 Å². The molecule has 0 heterocycles. The fraction of sp³-hybridized carbons (Fsp3) is 0.409. The molecule has 26 heavy (non-hydrogen) atoms. The van der Waals surface area contributed by atoms with Crippen molar-refractivity contribution in [2.45, 2.75) is 58.0 Å². The Morgan fingerprint density at radius 2 is 1.50 bits per heavy atom. The van der Waals surface area contributed by atoms with E-state index in [9.17, 15) is 4.79 Å². The first kappa shape index (κ1) is 23.8. The lowest BCUT2D eigenvalue weighted by Gasteiger charge is -2.03. The molecule has 0 bridgehead atoms. The molecule has 4 nitrogen and oxygen atoms in total. The van der Waals surface area contributed by atoms with Crippen molar-refractivity contribution in [2.24, 2.45) is 0 Å². The van der Waals surface area contributed by atoms with Crippen LogP contribution >= 0.6 is 0 Å². The molecule has 0 amide bonds. The van der Waals surface area contributed by atoms with E-state index in [1.54, 1.807) is 0 Å². The number of carboxylic acid groups (broad SMARTS) is 1. The fourth-order valence-corrected chi connectivity index (χ4v) is 1.94. The SMILES string of the molecule is CC/C=C\C[C@@H](/C=C/C=C\C/C=C\C/C=C\C/C=C\CCC(=O)O)OO. The van der Waals surface area contributed by atoms with Crippen LogP contribution in [0.2, 0.25) is 0 Å². The maximum absolute atomic E-state index is 10.3. The number of hydrogen-bond donors (Lipinski definition) is 2. The van der Waals surface area contributed by atoms with Crippen LogP contribution in [-0.4, -0.2) is 22.4 Å². The van der Waals surface area contributed by atoms with Gasteiger partial charge in [0.15, 0.2) is 0 Å². The molecule has 0 saturated heterocycles. The molecular weight excluding hydrogens is 328 g/mol. The van der Waals surface area contributed by atoms with E-state index in [1.807, 2.05) is 48.6 Å². The summed E-state index contributed by atoms with van der Waals surface area (Å²) in [5, 5.41) is 17.3. The molecule has 144 valence electrons. The van der Waals surface area contributed by atoms with Gasteiger partial charge in [-0.05, 0) is 38.5 Å². The standard InChI is InChI=1S/C22H32O4/c1-2-3-15-18-21(26-25)19-16-13-11-9-7-5-4-6-8-10-12-14-17-20-22(23)24/h3,5-8,11-16,19,21,25H,2,4,9-10,17-18,20H2,1H3,(H,23,24)/b7-5-,8-6-,13-11-,14-12-,15-3-,19-16+/t21-/m0/s1. The lowest BCUT2D eigenvalue weighted by molar-refractivity contribution is -0.264. The second-order valence-electron chi connectivity index (χ2n) is 5.63. The van der Waals surface area contributed by atoms with E-state index in [0.29, 0.717) is 12.8 Å². The van der Waals surface area contributed by atoms with Crippen LogP contribution in [0.15, 0.2) is 72.9 Å². The van der Waals surface area contributed by atoms with Crippen molar-refractivity contribution in [2.75, 3.05) is 0 Å². The number of carbonyl (C=O) groups is 1. The van der Waals surface area contributed by atoms with Crippen LogP contribution in [0.1, 0.15) is 51.9 Å². The van der Waals surface area contributed by atoms with Crippen LogP contribution in [0.3, 0.4) is 0 Å². The molecule has 1 atom stereocenters. The van der Waals surface area contributed by atoms with Gasteiger partial charge in [-0.1, -0.05) is 79.8 Å². The van der Waals surface area contributed by atoms with Crippen molar-refractivity contribution in [1.82, 2.24) is 0 Å². The lowest BCUT2D eigenvalue weighted by Crippen LogP contribution is -2.04. The van der Waals surface area contributed by atoms with Gasteiger partial charge in [0.05, 0.1) is 0 Å². The molecule has 0 saturated carbocycles. The highest BCUT2D eigenvalue weighted by atomic mass is 17.1. The molecule has 0 aromatic carbocycles. The number of rotatable bonds is 15. The number of aliphatic carboxylic acids is 1. The Morgan fingerprint density at radius 3 is 2.08 bits per heavy atom. The van der Waals surface area contributed by atoms with Crippen molar-refractivity contribution < 1.29 is 20.0 Å². The summed E-state index contributed by atoms with van der Waals surface area (Å²) in [6.45, 7) is 2.06. The summed E-state index contributed by atoms with van der Waals surface area (Å²) in [5.41, 5.74) is 0. The predicted molar refractivity (Wildman–Crippen MR) is 108 cm³/mol. The van der Waals surface area contributed by atoms with Gasteiger partial charge in [-0.3, -0.25) is 10.1 Å². The van der Waals surface area contributed by atoms with Gasteiger partial charge in [0.25, 0.3) is 0 Å². The summed E-state index contributed by atoms with van der Waals surface area (Å²) in [4.78, 5) is 14.7. The Morgan fingerprint density at radius 1 is 0.885 bits per heavy atom. The maximum atomic E-state index is 10.3. The number of hydrogen-bond acceptors (Lipinski definition) is 3. The third kappa shape index (κ3) is 18.2. The molecule has 2 N–H and O–H groups in total. The third-order valence-electron chi connectivity index (χ3n) is 3.32. The highest BCUT2D eigenvalue weighted by molar-refractivity contribution is 5.66. The summed E-state index contributed by atoms with van der Waals surface area (Å²) >= 11 is 0. The average Bonchev–Trinajstić information content (AvgIpc) is 2.63. The quantitative estimate of drug-likeness (QED) is 0.162. The molecular formula is C22H32O4. The molecule has 0 aromatic rings. The van der Waals surface area contributed by atoms with E-state index in [2.05, 4.69) is 36.1 Å². The van der Waals surface area contributed by atoms with Crippen molar-refractivity contribution >= 4 is 5.97 Å². The summed E-state index contributed by atoms with van der Waals surface area (Å²) in [6, 6.07) is 0. The van der Waals surface area contributed by atoms with Crippen LogP contribution in [0.4, 0.5) is 0 Å². The van der Waals surface area contributed by atoms with Gasteiger partial charge in [0, 0.05) is 6.42 Å². The van der Waals surface area contributed by atoms with Crippen molar-refractivity contribution in [3.63, 3.8) is 0 Å². The van der Waals surface area contributed by atoms with E-state index in [-0.39, 0.29) is 12.5 Å². The zero-order valence-corrected chi connectivity index (χ0v) is 15.7. The van der Waals surface area contributed by atoms with Gasteiger partial charge < -0.3 is 5.11 Å². The van der Waals surface area contributed by atoms with E-state index in [0.717, 1.165) is 25.7 Å². The summed E-state index contributed by atoms with van der Waals surface area (Å²) in [6.07, 6.45) is 28.7. The van der Waals surface area contributed by atoms with Crippen LogP contribution in [-0.2, 0) is 9.68 Å². The van der Waals surface area contributed by atoms with Gasteiger partial charge in [0.2, 0.25) is 0 Å². The fourth-order valence-electron chi connectivity index (χ4n) is 1.94. The van der Waals surface area contributed by atoms with Crippen LogP contribution < -0.4 is 0 Å².